The van der Waals surface area contributed by atoms with Gasteiger partial charge in [0.2, 0.25) is 11.9 Å². The Morgan fingerprint density at radius 1 is 1.41 bits per heavy atom. The van der Waals surface area contributed by atoms with Gasteiger partial charge in [-0.25, -0.2) is 0 Å². The summed E-state index contributed by atoms with van der Waals surface area (Å²) in [6.45, 7) is 5.91. The molecule has 118 valence electrons. The van der Waals surface area contributed by atoms with Crippen molar-refractivity contribution < 1.29 is 4.79 Å². The van der Waals surface area contributed by atoms with Crippen LogP contribution in [-0.2, 0) is 4.79 Å². The first-order chi connectivity index (χ1) is 10.5. The Morgan fingerprint density at radius 3 is 2.77 bits per heavy atom. The van der Waals surface area contributed by atoms with Crippen LogP contribution in [0.3, 0.4) is 0 Å². The Morgan fingerprint density at radius 2 is 2.14 bits per heavy atom. The van der Waals surface area contributed by atoms with Crippen LogP contribution in [0.2, 0.25) is 0 Å². The number of hydrogen-bond acceptors (Lipinski definition) is 5. The molecule has 0 aliphatic rings. The van der Waals surface area contributed by atoms with Gasteiger partial charge in [-0.05, 0) is 43.7 Å². The first-order valence-electron chi connectivity index (χ1n) is 7.10. The minimum Gasteiger partial charge on any atom is -0.368 e. The molecule has 0 radical (unpaired) electrons. The van der Waals surface area contributed by atoms with Gasteiger partial charge in [0, 0.05) is 5.69 Å². The highest BCUT2D eigenvalue weighted by Crippen LogP contribution is 2.25. The van der Waals surface area contributed by atoms with Crippen LogP contribution in [-0.4, -0.2) is 26.9 Å². The van der Waals surface area contributed by atoms with Gasteiger partial charge in [0.15, 0.2) is 5.16 Å². The number of carbonyl (C=O) groups excluding carboxylic acids is 1. The predicted octanol–water partition coefficient (Wildman–Crippen LogP) is 2.79. The Bertz CT molecular complexity index is 683. The lowest BCUT2D eigenvalue weighted by Gasteiger charge is -2.19. The van der Waals surface area contributed by atoms with Crippen LogP contribution in [0.15, 0.2) is 23.4 Å². The summed E-state index contributed by atoms with van der Waals surface area (Å²) in [5.41, 5.74) is 8.82. The molecule has 0 aliphatic heterocycles. The van der Waals surface area contributed by atoms with E-state index in [1.54, 1.807) is 4.57 Å². The van der Waals surface area contributed by atoms with E-state index in [0.717, 1.165) is 16.8 Å². The summed E-state index contributed by atoms with van der Waals surface area (Å²) in [6, 6.07) is 5.54. The Hall–Kier alpha value is -2.02. The van der Waals surface area contributed by atoms with E-state index in [4.69, 9.17) is 5.73 Å². The number of rotatable bonds is 5. The number of hydrogen-bond donors (Lipinski definition) is 2. The minimum absolute atomic E-state index is 0.113. The van der Waals surface area contributed by atoms with E-state index in [2.05, 4.69) is 15.5 Å². The highest BCUT2D eigenvalue weighted by molar-refractivity contribution is 7.98. The van der Waals surface area contributed by atoms with Crippen molar-refractivity contribution in [1.29, 1.82) is 0 Å². The van der Waals surface area contributed by atoms with Crippen LogP contribution >= 0.6 is 11.8 Å². The summed E-state index contributed by atoms with van der Waals surface area (Å²) in [5, 5.41) is 11.5. The van der Waals surface area contributed by atoms with Gasteiger partial charge >= 0.3 is 0 Å². The lowest BCUT2D eigenvalue weighted by Crippen LogP contribution is -2.27. The fourth-order valence-corrected chi connectivity index (χ4v) is 2.83. The maximum absolute atomic E-state index is 12.7. The Balaban J connectivity index is 2.29. The molecule has 3 N–H and O–H groups in total. The van der Waals surface area contributed by atoms with E-state index in [-0.39, 0.29) is 11.9 Å². The van der Waals surface area contributed by atoms with Gasteiger partial charge in [0.05, 0.1) is 0 Å². The van der Waals surface area contributed by atoms with E-state index in [1.165, 1.54) is 11.8 Å². The lowest BCUT2D eigenvalue weighted by molar-refractivity contribution is -0.119. The number of aryl methyl sites for hydroxylation is 2. The molecule has 1 heterocycles. The molecular formula is C15H21N5OS. The van der Waals surface area contributed by atoms with Gasteiger partial charge in [-0.3, -0.25) is 9.36 Å². The molecule has 1 aromatic carbocycles. The van der Waals surface area contributed by atoms with Crippen LogP contribution in [0.5, 0.6) is 0 Å². The standard InChI is InChI=1S/C15H21N5OS/c1-5-12(20-14(16)18-19-15(20)22-4)13(21)17-11-8-9(2)6-7-10(11)3/h6-8,12H,5H2,1-4H3,(H2,16,18)(H,17,21)/t12-/m1/s1. The average Bonchev–Trinajstić information content (AvgIpc) is 2.85. The number of benzene rings is 1. The number of thioether (sulfide) groups is 1. The van der Waals surface area contributed by atoms with Crippen LogP contribution in [0, 0.1) is 13.8 Å². The van der Waals surface area contributed by atoms with Crippen LogP contribution in [0.1, 0.15) is 30.5 Å². The van der Waals surface area contributed by atoms with E-state index in [0.29, 0.717) is 11.6 Å². The second kappa shape index (κ2) is 6.83. The smallest absolute Gasteiger partial charge is 0.247 e. The summed E-state index contributed by atoms with van der Waals surface area (Å²) in [4.78, 5) is 12.7. The highest BCUT2D eigenvalue weighted by atomic mass is 32.2. The molecular weight excluding hydrogens is 298 g/mol. The van der Waals surface area contributed by atoms with Gasteiger partial charge in [-0.1, -0.05) is 30.8 Å². The molecule has 0 bridgehead atoms. The average molecular weight is 319 g/mol. The summed E-state index contributed by atoms with van der Waals surface area (Å²) >= 11 is 1.42. The van der Waals surface area contributed by atoms with Crippen molar-refractivity contribution >= 4 is 29.3 Å². The third-order valence-electron chi connectivity index (χ3n) is 3.53. The summed E-state index contributed by atoms with van der Waals surface area (Å²) in [7, 11) is 0. The van der Waals surface area contributed by atoms with Gasteiger partial charge in [0.1, 0.15) is 6.04 Å². The molecule has 0 fully saturated rings. The van der Waals surface area contributed by atoms with Gasteiger partial charge in [-0.2, -0.15) is 0 Å². The lowest BCUT2D eigenvalue weighted by atomic mass is 10.1. The molecule has 0 saturated heterocycles. The largest absolute Gasteiger partial charge is 0.368 e. The third-order valence-corrected chi connectivity index (χ3v) is 4.17. The number of amides is 1. The fraction of sp³-hybridized carbons (Fsp3) is 0.400. The molecule has 2 rings (SSSR count). The topological polar surface area (TPSA) is 85.8 Å². The number of nitrogens with one attached hydrogen (secondary N) is 1. The first-order valence-corrected chi connectivity index (χ1v) is 8.32. The fourth-order valence-electron chi connectivity index (χ4n) is 2.29. The molecule has 6 nitrogen and oxygen atoms in total. The minimum atomic E-state index is -0.433. The molecule has 0 unspecified atom stereocenters. The van der Waals surface area contributed by atoms with Gasteiger partial charge < -0.3 is 11.1 Å². The third kappa shape index (κ3) is 3.24. The molecule has 2 aromatic rings. The second-order valence-corrected chi connectivity index (χ2v) is 5.92. The second-order valence-electron chi connectivity index (χ2n) is 5.15. The normalized spacial score (nSPS) is 12.2. The number of nitrogens with zero attached hydrogens (tertiary/aromatic N) is 3. The zero-order valence-corrected chi connectivity index (χ0v) is 14.1. The zero-order valence-electron chi connectivity index (χ0n) is 13.3. The molecule has 22 heavy (non-hydrogen) atoms. The number of anilines is 2. The number of carbonyl (C=O) groups is 1. The summed E-state index contributed by atoms with van der Waals surface area (Å²) < 4.78 is 1.69. The van der Waals surface area contributed by atoms with Crippen LogP contribution in [0.25, 0.3) is 0 Å². The summed E-state index contributed by atoms with van der Waals surface area (Å²) in [5.74, 6) is 0.144. The van der Waals surface area contributed by atoms with E-state index in [1.807, 2.05) is 45.2 Å². The van der Waals surface area contributed by atoms with E-state index < -0.39 is 6.04 Å². The summed E-state index contributed by atoms with van der Waals surface area (Å²) in [6.07, 6.45) is 2.49. The maximum atomic E-state index is 12.7. The zero-order chi connectivity index (χ0) is 16.3. The molecule has 0 aliphatic carbocycles. The number of nitrogens with two attached hydrogens (primary N) is 1. The molecule has 0 saturated carbocycles. The maximum Gasteiger partial charge on any atom is 0.247 e. The molecule has 1 atom stereocenters. The van der Waals surface area contributed by atoms with Crippen molar-refractivity contribution in [1.82, 2.24) is 14.8 Å². The molecule has 1 aromatic heterocycles. The Labute approximate surface area is 134 Å². The predicted molar refractivity (Wildman–Crippen MR) is 90.1 cm³/mol. The molecule has 1 amide bonds. The van der Waals surface area contributed by atoms with Crippen LogP contribution < -0.4 is 11.1 Å². The van der Waals surface area contributed by atoms with Gasteiger partial charge in [-0.15, -0.1) is 10.2 Å². The van der Waals surface area contributed by atoms with E-state index in [9.17, 15) is 4.79 Å². The number of nitrogen functional groups attached to an aromatic ring is 1. The van der Waals surface area contributed by atoms with Crippen molar-refractivity contribution in [3.05, 3.63) is 29.3 Å². The molecule has 0 spiro atoms. The van der Waals surface area contributed by atoms with Crippen molar-refractivity contribution in [2.24, 2.45) is 0 Å². The van der Waals surface area contributed by atoms with Crippen molar-refractivity contribution in [2.75, 3.05) is 17.3 Å². The van der Waals surface area contributed by atoms with Gasteiger partial charge in [0.25, 0.3) is 0 Å². The van der Waals surface area contributed by atoms with Crippen LogP contribution in [0.4, 0.5) is 11.6 Å². The SMILES string of the molecule is CC[C@H](C(=O)Nc1cc(C)ccc1C)n1c(N)nnc1SC. The molecule has 7 heteroatoms. The van der Waals surface area contributed by atoms with Crippen molar-refractivity contribution in [2.45, 2.75) is 38.4 Å². The van der Waals surface area contributed by atoms with E-state index >= 15 is 0 Å². The highest BCUT2D eigenvalue weighted by Gasteiger charge is 2.24. The number of aromatic nitrogens is 3. The van der Waals surface area contributed by atoms with Crippen molar-refractivity contribution in [3.63, 3.8) is 0 Å². The first kappa shape index (κ1) is 16.4. The monoisotopic (exact) mass is 319 g/mol. The quantitative estimate of drug-likeness (QED) is 0.828. The van der Waals surface area contributed by atoms with Crippen molar-refractivity contribution in [3.8, 4) is 0 Å². The Kier molecular flexibility index (Phi) is 5.07.